The van der Waals surface area contributed by atoms with Gasteiger partial charge in [-0.2, -0.15) is 0 Å². The fourth-order valence-electron chi connectivity index (χ4n) is 2.19. The lowest BCUT2D eigenvalue weighted by Gasteiger charge is -2.08. The summed E-state index contributed by atoms with van der Waals surface area (Å²) < 4.78 is 7.10. The van der Waals surface area contributed by atoms with Crippen LogP contribution in [0.25, 0.3) is 5.65 Å². The molecule has 5 heteroatoms. The molecule has 0 N–H and O–H groups in total. The zero-order valence-corrected chi connectivity index (χ0v) is 12.0. The first-order chi connectivity index (χ1) is 10.7. The number of fused-ring (bicyclic) bond motifs is 1. The van der Waals surface area contributed by atoms with Crippen molar-refractivity contribution in [1.82, 2.24) is 9.38 Å². The van der Waals surface area contributed by atoms with Gasteiger partial charge in [0.05, 0.1) is 11.3 Å². The molecule has 0 spiro atoms. The second-order valence-electron chi connectivity index (χ2n) is 4.96. The predicted octanol–water partition coefficient (Wildman–Crippen LogP) is 2.39. The first-order valence-electron chi connectivity index (χ1n) is 6.83. The van der Waals surface area contributed by atoms with Crippen LogP contribution < -0.4 is 10.3 Å². The van der Waals surface area contributed by atoms with E-state index in [1.807, 2.05) is 13.0 Å². The predicted molar refractivity (Wildman–Crippen MR) is 82.4 cm³/mol. The van der Waals surface area contributed by atoms with Crippen LogP contribution in [0.1, 0.15) is 21.6 Å². The van der Waals surface area contributed by atoms with E-state index >= 15 is 0 Å². The minimum atomic E-state index is -0.157. The number of carbonyl (C=O) groups is 1. The molecule has 3 aromatic rings. The number of ether oxygens (including phenoxy) is 1. The maximum Gasteiger partial charge on any atom is 0.258 e. The number of aromatic nitrogens is 2. The second kappa shape index (κ2) is 5.81. The van der Waals surface area contributed by atoms with E-state index in [0.717, 1.165) is 11.8 Å². The number of rotatable bonds is 4. The number of nitrogens with zero attached hydrogens (tertiary/aromatic N) is 2. The van der Waals surface area contributed by atoms with Gasteiger partial charge in [-0.25, -0.2) is 4.98 Å². The highest BCUT2D eigenvalue weighted by Gasteiger charge is 2.06. The molecule has 5 nitrogen and oxygen atoms in total. The first kappa shape index (κ1) is 14.0. The van der Waals surface area contributed by atoms with Crippen molar-refractivity contribution in [3.05, 3.63) is 75.8 Å². The van der Waals surface area contributed by atoms with Crippen molar-refractivity contribution in [2.45, 2.75) is 13.5 Å². The molecule has 22 heavy (non-hydrogen) atoms. The van der Waals surface area contributed by atoms with Crippen molar-refractivity contribution in [1.29, 1.82) is 0 Å². The smallest absolute Gasteiger partial charge is 0.258 e. The van der Waals surface area contributed by atoms with E-state index in [9.17, 15) is 9.59 Å². The molecule has 0 bridgehead atoms. The van der Waals surface area contributed by atoms with Gasteiger partial charge in [0.2, 0.25) is 0 Å². The second-order valence-corrected chi connectivity index (χ2v) is 4.96. The van der Waals surface area contributed by atoms with E-state index in [-0.39, 0.29) is 12.2 Å². The zero-order valence-electron chi connectivity index (χ0n) is 12.0. The summed E-state index contributed by atoms with van der Waals surface area (Å²) in [6.45, 7) is 2.05. The van der Waals surface area contributed by atoms with Crippen LogP contribution in [0, 0.1) is 6.92 Å². The Morgan fingerprint density at radius 2 is 2.05 bits per heavy atom. The molecule has 0 saturated carbocycles. The van der Waals surface area contributed by atoms with Crippen LogP contribution >= 0.6 is 0 Å². The van der Waals surface area contributed by atoms with E-state index in [0.29, 0.717) is 22.7 Å². The number of carbonyl (C=O) groups excluding carboxylic acids is 1. The Kier molecular flexibility index (Phi) is 3.70. The first-order valence-corrected chi connectivity index (χ1v) is 6.83. The van der Waals surface area contributed by atoms with E-state index < -0.39 is 0 Å². The summed E-state index contributed by atoms with van der Waals surface area (Å²) in [5.74, 6) is 0.475. The largest absolute Gasteiger partial charge is 0.487 e. The Morgan fingerprint density at radius 3 is 2.86 bits per heavy atom. The molecular formula is C17H14N2O3. The molecule has 2 heterocycles. The van der Waals surface area contributed by atoms with Crippen LogP contribution in [0.4, 0.5) is 0 Å². The topological polar surface area (TPSA) is 60.7 Å². The number of aryl methyl sites for hydroxylation is 1. The van der Waals surface area contributed by atoms with Gasteiger partial charge in [0.15, 0.2) is 6.29 Å². The highest BCUT2D eigenvalue weighted by Crippen LogP contribution is 2.16. The third kappa shape index (κ3) is 2.74. The molecule has 0 aliphatic heterocycles. The summed E-state index contributed by atoms with van der Waals surface area (Å²) >= 11 is 0. The quantitative estimate of drug-likeness (QED) is 0.693. The van der Waals surface area contributed by atoms with Crippen LogP contribution in [0.2, 0.25) is 0 Å². The van der Waals surface area contributed by atoms with Crippen LogP contribution in [0.15, 0.2) is 53.5 Å². The van der Waals surface area contributed by atoms with Crippen molar-refractivity contribution in [2.24, 2.45) is 0 Å². The van der Waals surface area contributed by atoms with Gasteiger partial charge >= 0.3 is 0 Å². The normalized spacial score (nSPS) is 10.6. The molecular weight excluding hydrogens is 280 g/mol. The van der Waals surface area contributed by atoms with Gasteiger partial charge in [0, 0.05) is 12.3 Å². The average Bonchev–Trinajstić information content (AvgIpc) is 2.54. The average molecular weight is 294 g/mol. The van der Waals surface area contributed by atoms with Crippen molar-refractivity contribution >= 4 is 11.9 Å². The molecule has 0 aliphatic carbocycles. The molecule has 0 saturated heterocycles. The SMILES string of the molecule is Cc1ccc2nc(COc3ccccc3C=O)cc(=O)n2c1. The number of para-hydroxylation sites is 1. The Morgan fingerprint density at radius 1 is 1.23 bits per heavy atom. The number of pyridine rings is 1. The lowest BCUT2D eigenvalue weighted by Crippen LogP contribution is -2.16. The van der Waals surface area contributed by atoms with Gasteiger partial charge in [-0.15, -0.1) is 0 Å². The van der Waals surface area contributed by atoms with Gasteiger partial charge < -0.3 is 4.74 Å². The summed E-state index contributed by atoms with van der Waals surface area (Å²) in [6, 6.07) is 12.1. The van der Waals surface area contributed by atoms with Crippen LogP contribution in [-0.2, 0) is 6.61 Å². The molecule has 0 amide bonds. The summed E-state index contributed by atoms with van der Waals surface area (Å²) in [4.78, 5) is 27.4. The van der Waals surface area contributed by atoms with Crippen LogP contribution in [-0.4, -0.2) is 15.7 Å². The van der Waals surface area contributed by atoms with Crippen molar-refractivity contribution < 1.29 is 9.53 Å². The third-order valence-electron chi connectivity index (χ3n) is 3.28. The van der Waals surface area contributed by atoms with E-state index in [1.54, 1.807) is 36.5 Å². The fourth-order valence-corrected chi connectivity index (χ4v) is 2.19. The van der Waals surface area contributed by atoms with Gasteiger partial charge in [-0.05, 0) is 30.7 Å². The highest BCUT2D eigenvalue weighted by molar-refractivity contribution is 5.79. The lowest BCUT2D eigenvalue weighted by molar-refractivity contribution is 0.111. The van der Waals surface area contributed by atoms with Gasteiger partial charge in [-0.1, -0.05) is 18.2 Å². The maximum absolute atomic E-state index is 12.1. The van der Waals surface area contributed by atoms with Crippen LogP contribution in [0.5, 0.6) is 5.75 Å². The van der Waals surface area contributed by atoms with Gasteiger partial charge in [0.1, 0.15) is 18.0 Å². The minimum Gasteiger partial charge on any atom is -0.487 e. The molecule has 110 valence electrons. The molecule has 1 aromatic carbocycles. The summed E-state index contributed by atoms with van der Waals surface area (Å²) in [7, 11) is 0. The Labute approximate surface area is 126 Å². The monoisotopic (exact) mass is 294 g/mol. The highest BCUT2D eigenvalue weighted by atomic mass is 16.5. The minimum absolute atomic E-state index is 0.129. The molecule has 0 aliphatic rings. The van der Waals surface area contributed by atoms with Crippen molar-refractivity contribution in [3.63, 3.8) is 0 Å². The fraction of sp³-hybridized carbons (Fsp3) is 0.118. The zero-order chi connectivity index (χ0) is 15.5. The van der Waals surface area contributed by atoms with Gasteiger partial charge in [0.25, 0.3) is 5.56 Å². The van der Waals surface area contributed by atoms with Crippen molar-refractivity contribution in [2.75, 3.05) is 0 Å². The number of benzene rings is 1. The van der Waals surface area contributed by atoms with E-state index in [4.69, 9.17) is 4.74 Å². The van der Waals surface area contributed by atoms with Crippen LogP contribution in [0.3, 0.4) is 0 Å². The van der Waals surface area contributed by atoms with E-state index in [1.165, 1.54) is 10.5 Å². The van der Waals surface area contributed by atoms with Crippen molar-refractivity contribution in [3.8, 4) is 5.75 Å². The maximum atomic E-state index is 12.1. The Bertz CT molecular complexity index is 900. The standard InChI is InChI=1S/C17H14N2O3/c1-12-6-7-16-18-14(8-17(21)19(16)9-12)11-22-15-5-3-2-4-13(15)10-20/h2-10H,11H2,1H3. The Hall–Kier alpha value is -2.95. The number of aldehydes is 1. The number of hydrogen-bond acceptors (Lipinski definition) is 4. The molecule has 0 unspecified atom stereocenters. The third-order valence-corrected chi connectivity index (χ3v) is 3.28. The lowest BCUT2D eigenvalue weighted by atomic mass is 10.2. The number of hydrogen-bond donors (Lipinski definition) is 0. The van der Waals surface area contributed by atoms with E-state index in [2.05, 4.69) is 4.98 Å². The summed E-state index contributed by atoms with van der Waals surface area (Å²) in [5, 5.41) is 0. The summed E-state index contributed by atoms with van der Waals surface area (Å²) in [6.07, 6.45) is 2.48. The van der Waals surface area contributed by atoms with Gasteiger partial charge in [-0.3, -0.25) is 14.0 Å². The molecule has 0 radical (unpaired) electrons. The molecule has 3 rings (SSSR count). The Balaban J connectivity index is 1.90. The molecule has 0 atom stereocenters. The molecule has 2 aromatic heterocycles. The molecule has 0 fully saturated rings. The summed E-state index contributed by atoms with van der Waals surface area (Å²) in [5.41, 5.74) is 2.39.